The first-order valence-corrected chi connectivity index (χ1v) is 22.0. The first-order chi connectivity index (χ1) is 25.6. The number of rotatable bonds is 26. The van der Waals surface area contributed by atoms with Gasteiger partial charge in [0.1, 0.15) is 0 Å². The molecule has 0 aliphatic heterocycles. The topological polar surface area (TPSA) is 116 Å². The van der Waals surface area contributed by atoms with Gasteiger partial charge in [0.2, 0.25) is 10.0 Å². The number of benzene rings is 2. The summed E-state index contributed by atoms with van der Waals surface area (Å²) in [4.78, 5) is 44.3. The molecule has 1 atom stereocenters. The van der Waals surface area contributed by atoms with E-state index in [1.54, 1.807) is 39.8 Å². The maximum absolute atomic E-state index is 14.2. The van der Waals surface area contributed by atoms with E-state index in [-0.39, 0.29) is 27.8 Å². The minimum atomic E-state index is -3.70. The van der Waals surface area contributed by atoms with E-state index in [2.05, 4.69) is 21.9 Å². The van der Waals surface area contributed by atoms with Gasteiger partial charge in [-0.15, -0.1) is 0 Å². The van der Waals surface area contributed by atoms with Crippen LogP contribution in [0.3, 0.4) is 0 Å². The van der Waals surface area contributed by atoms with Crippen LogP contribution in [0.1, 0.15) is 137 Å². The number of unbranched alkanes of at least 4 members (excludes halogenated alkanes) is 13. The Hall–Kier alpha value is -3.18. The smallest absolute Gasteiger partial charge is 0.259 e. The highest BCUT2D eigenvalue weighted by molar-refractivity contribution is 7.92. The molecule has 2 aromatic carbocycles. The zero-order valence-electron chi connectivity index (χ0n) is 33.9. The number of nitrogens with zero attached hydrogens (tertiary/aromatic N) is 2. The molecular weight excluding hydrogens is 727 g/mol. The quantitative estimate of drug-likeness (QED) is 0.0724. The van der Waals surface area contributed by atoms with E-state index < -0.39 is 45.8 Å². The Bertz CT molecular complexity index is 1590. The third kappa shape index (κ3) is 15.5. The second-order valence-electron chi connectivity index (χ2n) is 15.3. The van der Waals surface area contributed by atoms with Crippen LogP contribution in [0.5, 0.6) is 0 Å². The van der Waals surface area contributed by atoms with Crippen molar-refractivity contribution in [3.63, 3.8) is 0 Å². The van der Waals surface area contributed by atoms with E-state index in [4.69, 9.17) is 11.6 Å². The average molecular weight is 794 g/mol. The molecule has 0 saturated carbocycles. The molecule has 0 bridgehead atoms. The molecule has 0 fully saturated rings. The summed E-state index contributed by atoms with van der Waals surface area (Å²) in [5.74, 6) is -2.63. The molecule has 0 aromatic heterocycles. The highest BCUT2D eigenvalue weighted by atomic mass is 35.5. The van der Waals surface area contributed by atoms with E-state index in [9.17, 15) is 27.2 Å². The number of carbonyl (C=O) groups is 3. The first kappa shape index (κ1) is 47.0. The van der Waals surface area contributed by atoms with Crippen LogP contribution in [-0.4, -0.2) is 57.6 Å². The van der Waals surface area contributed by atoms with Gasteiger partial charge in [-0.05, 0) is 69.2 Å². The van der Waals surface area contributed by atoms with Gasteiger partial charge in [0.05, 0.1) is 22.2 Å². The number of sulfonamides is 1. The molecule has 0 saturated heterocycles. The Kier molecular flexibility index (Phi) is 20.6. The maximum Gasteiger partial charge on any atom is 0.259 e. The van der Waals surface area contributed by atoms with Crippen molar-refractivity contribution in [3.8, 4) is 0 Å². The number of anilines is 4. The monoisotopic (exact) mass is 792 g/mol. The molecular formula is C42H66ClFN4O5S. The molecule has 1 unspecified atom stereocenters. The van der Waals surface area contributed by atoms with E-state index in [1.165, 1.54) is 82.4 Å². The number of hydrogen-bond donors (Lipinski definition) is 2. The predicted octanol–water partition coefficient (Wildman–Crippen LogP) is 10.6. The van der Waals surface area contributed by atoms with Gasteiger partial charge in [0.25, 0.3) is 11.8 Å². The molecule has 0 heterocycles. The van der Waals surface area contributed by atoms with Crippen molar-refractivity contribution < 1.29 is 27.2 Å². The Morgan fingerprint density at radius 1 is 0.796 bits per heavy atom. The number of Topliss-reactive ketones (excluding diaryl/α,β-unsaturated/α-hetero) is 1. The van der Waals surface area contributed by atoms with Gasteiger partial charge in [-0.1, -0.05) is 123 Å². The highest BCUT2D eigenvalue weighted by Crippen LogP contribution is 2.32. The van der Waals surface area contributed by atoms with Crippen molar-refractivity contribution in [1.82, 2.24) is 0 Å². The minimum Gasteiger partial charge on any atom is -0.372 e. The fourth-order valence-electron chi connectivity index (χ4n) is 6.54. The van der Waals surface area contributed by atoms with Crippen LogP contribution in [0.15, 0.2) is 36.4 Å². The zero-order valence-corrected chi connectivity index (χ0v) is 35.4. The summed E-state index contributed by atoms with van der Waals surface area (Å²) in [5, 5.41) is 2.72. The normalized spacial score (nSPS) is 12.3. The fourth-order valence-corrected chi connectivity index (χ4v) is 7.88. The molecule has 0 aliphatic carbocycles. The summed E-state index contributed by atoms with van der Waals surface area (Å²) in [6, 6.07) is 7.77. The van der Waals surface area contributed by atoms with Gasteiger partial charge in [0.15, 0.2) is 18.5 Å². The zero-order chi connectivity index (χ0) is 40.3. The lowest BCUT2D eigenvalue weighted by atomic mass is 9.85. The molecule has 54 heavy (non-hydrogen) atoms. The van der Waals surface area contributed by atoms with E-state index in [0.29, 0.717) is 12.0 Å². The highest BCUT2D eigenvalue weighted by Gasteiger charge is 2.42. The molecule has 304 valence electrons. The molecule has 9 nitrogen and oxygen atoms in total. The SMILES string of the molecule is CCCCCCCCCCCCCCCCS(=O)(=O)Nc1ccc(Cl)c(NC(=O)C(C(=O)C(C)(C)C)N(C(=O)CF)c2ccc(N(CC)CC)cc2C)c1. The van der Waals surface area contributed by atoms with Crippen molar-refractivity contribution in [2.24, 2.45) is 5.41 Å². The van der Waals surface area contributed by atoms with Crippen LogP contribution in [0, 0.1) is 12.3 Å². The molecule has 0 spiro atoms. The molecule has 2 rings (SSSR count). The van der Waals surface area contributed by atoms with Gasteiger partial charge >= 0.3 is 0 Å². The largest absolute Gasteiger partial charge is 0.372 e. The Balaban J connectivity index is 2.11. The molecule has 2 N–H and O–H groups in total. The lowest BCUT2D eigenvalue weighted by Gasteiger charge is -2.34. The number of aryl methyl sites for hydroxylation is 1. The van der Waals surface area contributed by atoms with Gasteiger partial charge in [-0.2, -0.15) is 0 Å². The Morgan fingerprint density at radius 2 is 1.33 bits per heavy atom. The Labute approximate surface area is 330 Å². The van der Waals surface area contributed by atoms with Crippen LogP contribution in [-0.2, 0) is 24.4 Å². The third-order valence-corrected chi connectivity index (χ3v) is 11.4. The van der Waals surface area contributed by atoms with Crippen LogP contribution in [0.2, 0.25) is 5.02 Å². The summed E-state index contributed by atoms with van der Waals surface area (Å²) in [5.41, 5.74) is 0.800. The van der Waals surface area contributed by atoms with Gasteiger partial charge in [-0.25, -0.2) is 12.8 Å². The minimum absolute atomic E-state index is 0.0336. The summed E-state index contributed by atoms with van der Waals surface area (Å²) >= 11 is 6.45. The van der Waals surface area contributed by atoms with Crippen molar-refractivity contribution in [2.45, 2.75) is 144 Å². The standard InChI is InChI=1S/C42H66ClFN4O5S/c1-8-11-12-13-14-15-16-17-18-19-20-21-22-23-28-54(52,53)46-33-24-26-35(43)36(30-33)45-41(51)39(40(50)42(5,6)7)48(38(49)31-44)37-27-25-34(29-32(37)4)47(9-2)10-3/h24-27,29-30,39,46H,8-23,28,31H2,1-7H3,(H,45,51). The third-order valence-electron chi connectivity index (χ3n) is 9.71. The summed E-state index contributed by atoms with van der Waals surface area (Å²) in [7, 11) is -3.70. The van der Waals surface area contributed by atoms with Crippen LogP contribution in [0.4, 0.5) is 27.1 Å². The van der Waals surface area contributed by atoms with Gasteiger partial charge < -0.3 is 10.2 Å². The maximum atomic E-state index is 14.2. The lowest BCUT2D eigenvalue weighted by molar-refractivity contribution is -0.135. The van der Waals surface area contributed by atoms with Crippen molar-refractivity contribution in [1.29, 1.82) is 0 Å². The van der Waals surface area contributed by atoms with E-state index in [1.807, 2.05) is 19.9 Å². The molecule has 12 heteroatoms. The molecule has 2 amide bonds. The second-order valence-corrected chi connectivity index (χ2v) is 17.5. The Morgan fingerprint density at radius 3 is 1.81 bits per heavy atom. The number of hydrogen-bond acceptors (Lipinski definition) is 6. The van der Waals surface area contributed by atoms with Crippen molar-refractivity contribution in [3.05, 3.63) is 47.0 Å². The molecule has 2 aromatic rings. The number of halogens is 2. The average Bonchev–Trinajstić information content (AvgIpc) is 3.11. The number of nitrogens with one attached hydrogen (secondary N) is 2. The van der Waals surface area contributed by atoms with E-state index in [0.717, 1.165) is 42.9 Å². The number of ketones is 1. The van der Waals surface area contributed by atoms with Crippen LogP contribution < -0.4 is 19.8 Å². The number of amides is 2. The second kappa shape index (κ2) is 23.7. The van der Waals surface area contributed by atoms with Gasteiger partial charge in [0, 0.05) is 29.9 Å². The van der Waals surface area contributed by atoms with Crippen molar-refractivity contribution >= 4 is 62.0 Å². The number of alkyl halides is 1. The predicted molar refractivity (Wildman–Crippen MR) is 224 cm³/mol. The van der Waals surface area contributed by atoms with Crippen LogP contribution >= 0.6 is 11.6 Å². The summed E-state index contributed by atoms with van der Waals surface area (Å²) < 4.78 is 42.7. The van der Waals surface area contributed by atoms with Gasteiger partial charge in [-0.3, -0.25) is 24.0 Å². The fraction of sp³-hybridized carbons (Fsp3) is 0.643. The summed E-state index contributed by atoms with van der Waals surface area (Å²) in [6.45, 7) is 12.9. The first-order valence-electron chi connectivity index (χ1n) is 20.0. The van der Waals surface area contributed by atoms with Crippen molar-refractivity contribution in [2.75, 3.05) is 45.4 Å². The molecule has 0 radical (unpaired) electrons. The lowest BCUT2D eigenvalue weighted by Crippen LogP contribution is -2.56. The number of carbonyl (C=O) groups excluding carboxylic acids is 3. The van der Waals surface area contributed by atoms with Crippen LogP contribution in [0.25, 0.3) is 0 Å². The van der Waals surface area contributed by atoms with E-state index >= 15 is 0 Å². The molecule has 0 aliphatic rings. The summed E-state index contributed by atoms with van der Waals surface area (Å²) in [6.07, 6.45) is 16.3.